The second-order valence-electron chi connectivity index (χ2n) is 6.95. The van der Waals surface area contributed by atoms with Crippen LogP contribution in [0.2, 0.25) is 0 Å². The van der Waals surface area contributed by atoms with Crippen molar-refractivity contribution in [2.75, 3.05) is 25.5 Å². The van der Waals surface area contributed by atoms with Gasteiger partial charge in [0.25, 0.3) is 5.91 Å². The number of rotatable bonds is 6. The number of benzene rings is 1. The summed E-state index contributed by atoms with van der Waals surface area (Å²) in [5.74, 6) is 0.682. The average molecular weight is 404 g/mol. The van der Waals surface area contributed by atoms with Crippen LogP contribution in [0.25, 0.3) is 0 Å². The number of aromatic nitrogens is 1. The van der Waals surface area contributed by atoms with Gasteiger partial charge in [-0.15, -0.1) is 11.3 Å². The third-order valence-corrected chi connectivity index (χ3v) is 5.20. The number of ether oxygens (including phenoxy) is 2. The minimum atomic E-state index is -0.243. The lowest BCUT2D eigenvalue weighted by Crippen LogP contribution is -2.43. The fraction of sp³-hybridized carbons (Fsp3) is 0.450. The van der Waals surface area contributed by atoms with Crippen molar-refractivity contribution >= 4 is 28.3 Å². The van der Waals surface area contributed by atoms with Crippen molar-refractivity contribution in [1.82, 2.24) is 9.88 Å². The van der Waals surface area contributed by atoms with E-state index in [0.717, 1.165) is 12.8 Å². The lowest BCUT2D eigenvalue weighted by atomic mass is 9.96. The summed E-state index contributed by atoms with van der Waals surface area (Å²) < 4.78 is 11.1. The smallest absolute Gasteiger partial charge is 0.254 e. The summed E-state index contributed by atoms with van der Waals surface area (Å²) >= 11 is 1.38. The number of piperidine rings is 1. The number of likely N-dealkylation sites (tertiary alicyclic amines) is 1. The van der Waals surface area contributed by atoms with Gasteiger partial charge in [-0.1, -0.05) is 0 Å². The number of thiazole rings is 1. The highest BCUT2D eigenvalue weighted by Crippen LogP contribution is 2.30. The molecule has 1 aliphatic rings. The van der Waals surface area contributed by atoms with Gasteiger partial charge in [-0.3, -0.25) is 9.59 Å². The van der Waals surface area contributed by atoms with Crippen LogP contribution in [0.4, 0.5) is 5.13 Å². The molecule has 1 aromatic heterocycles. The first-order valence-corrected chi connectivity index (χ1v) is 10.2. The molecule has 1 aromatic carbocycles. The molecule has 150 valence electrons. The van der Waals surface area contributed by atoms with Gasteiger partial charge in [0.2, 0.25) is 5.91 Å². The molecule has 2 aromatic rings. The summed E-state index contributed by atoms with van der Waals surface area (Å²) in [4.78, 5) is 31.3. The lowest BCUT2D eigenvalue weighted by Gasteiger charge is -2.32. The Bertz CT molecular complexity index is 823. The van der Waals surface area contributed by atoms with Crippen molar-refractivity contribution in [3.05, 3.63) is 35.3 Å². The molecule has 1 aliphatic heterocycles. The van der Waals surface area contributed by atoms with Crippen LogP contribution in [0.15, 0.2) is 29.8 Å². The normalized spacial score (nSPS) is 16.7. The minimum Gasteiger partial charge on any atom is -0.493 e. The number of anilines is 1. The molecule has 1 saturated heterocycles. The first-order valence-electron chi connectivity index (χ1n) is 9.32. The Kier molecular flexibility index (Phi) is 6.51. The zero-order valence-electron chi connectivity index (χ0n) is 16.3. The van der Waals surface area contributed by atoms with Crippen LogP contribution in [-0.4, -0.2) is 48.0 Å². The van der Waals surface area contributed by atoms with Gasteiger partial charge in [-0.25, -0.2) is 4.98 Å². The molecule has 1 N–H and O–H groups in total. The topological polar surface area (TPSA) is 80.8 Å². The number of amides is 2. The first kappa shape index (κ1) is 20.1. The molecule has 8 heteroatoms. The van der Waals surface area contributed by atoms with E-state index in [-0.39, 0.29) is 23.8 Å². The second-order valence-corrected chi connectivity index (χ2v) is 7.84. The summed E-state index contributed by atoms with van der Waals surface area (Å²) in [6, 6.07) is 5.18. The number of hydrogen-bond acceptors (Lipinski definition) is 6. The molecule has 1 fully saturated rings. The third kappa shape index (κ3) is 4.81. The fourth-order valence-corrected chi connectivity index (χ4v) is 3.73. The van der Waals surface area contributed by atoms with E-state index in [1.165, 1.54) is 11.3 Å². The molecule has 1 atom stereocenters. The van der Waals surface area contributed by atoms with Gasteiger partial charge < -0.3 is 19.7 Å². The summed E-state index contributed by atoms with van der Waals surface area (Å²) in [5.41, 5.74) is 0.522. The van der Waals surface area contributed by atoms with E-state index in [4.69, 9.17) is 9.47 Å². The highest BCUT2D eigenvalue weighted by atomic mass is 32.1. The van der Waals surface area contributed by atoms with E-state index >= 15 is 0 Å². The van der Waals surface area contributed by atoms with E-state index in [0.29, 0.717) is 35.3 Å². The van der Waals surface area contributed by atoms with Gasteiger partial charge in [-0.05, 0) is 44.9 Å². The van der Waals surface area contributed by atoms with Crippen molar-refractivity contribution in [2.24, 2.45) is 5.92 Å². The minimum absolute atomic E-state index is 0.00894. The fourth-order valence-electron chi connectivity index (χ4n) is 3.20. The largest absolute Gasteiger partial charge is 0.493 e. The number of carbonyl (C=O) groups is 2. The van der Waals surface area contributed by atoms with Crippen LogP contribution in [0.1, 0.15) is 37.0 Å². The van der Waals surface area contributed by atoms with E-state index in [1.807, 2.05) is 19.2 Å². The van der Waals surface area contributed by atoms with Crippen LogP contribution < -0.4 is 14.8 Å². The average Bonchev–Trinajstić information content (AvgIpc) is 3.20. The van der Waals surface area contributed by atoms with E-state index in [1.54, 1.807) is 36.4 Å². The van der Waals surface area contributed by atoms with Gasteiger partial charge in [0.1, 0.15) is 0 Å². The molecule has 0 aliphatic carbocycles. The first-order chi connectivity index (χ1) is 13.5. The maximum atomic E-state index is 13.0. The standard InChI is InChI=1S/C20H25N3O4S/c1-13(2)27-16-7-6-14(11-17(16)26-3)19(25)23-9-4-5-15(12-23)18(24)22-20-21-8-10-28-20/h6-8,10-11,13,15H,4-5,9,12H2,1-3H3,(H,21,22,24). The number of methoxy groups -OCH3 is 1. The number of nitrogens with one attached hydrogen (secondary N) is 1. The monoisotopic (exact) mass is 403 g/mol. The van der Waals surface area contributed by atoms with Crippen LogP contribution >= 0.6 is 11.3 Å². The predicted octanol–water partition coefficient (Wildman–Crippen LogP) is 3.43. The highest BCUT2D eigenvalue weighted by Gasteiger charge is 2.29. The molecular weight excluding hydrogens is 378 g/mol. The maximum absolute atomic E-state index is 13.0. The van der Waals surface area contributed by atoms with Crippen LogP contribution in [0.3, 0.4) is 0 Å². The Balaban J connectivity index is 1.68. The molecule has 1 unspecified atom stereocenters. The van der Waals surface area contributed by atoms with E-state index in [9.17, 15) is 9.59 Å². The number of nitrogens with zero attached hydrogens (tertiary/aromatic N) is 2. The Morgan fingerprint density at radius 3 is 2.82 bits per heavy atom. The molecule has 7 nitrogen and oxygen atoms in total. The molecular formula is C20H25N3O4S. The molecule has 0 bridgehead atoms. The van der Waals surface area contributed by atoms with E-state index < -0.39 is 0 Å². The predicted molar refractivity (Wildman–Crippen MR) is 108 cm³/mol. The molecule has 2 heterocycles. The lowest BCUT2D eigenvalue weighted by molar-refractivity contribution is -0.121. The van der Waals surface area contributed by atoms with Gasteiger partial charge in [-0.2, -0.15) is 0 Å². The van der Waals surface area contributed by atoms with Crippen molar-refractivity contribution in [2.45, 2.75) is 32.8 Å². The Hall–Kier alpha value is -2.61. The quantitative estimate of drug-likeness (QED) is 0.799. The summed E-state index contributed by atoms with van der Waals surface area (Å²) in [5, 5.41) is 5.22. The number of hydrogen-bond donors (Lipinski definition) is 1. The third-order valence-electron chi connectivity index (χ3n) is 4.52. The molecule has 0 spiro atoms. The van der Waals surface area contributed by atoms with Gasteiger partial charge >= 0.3 is 0 Å². The van der Waals surface area contributed by atoms with Gasteiger partial charge in [0.05, 0.1) is 19.1 Å². The maximum Gasteiger partial charge on any atom is 0.254 e. The molecule has 3 rings (SSSR count). The van der Waals surface area contributed by atoms with Gasteiger partial charge in [0, 0.05) is 30.2 Å². The molecule has 28 heavy (non-hydrogen) atoms. The highest BCUT2D eigenvalue weighted by molar-refractivity contribution is 7.13. The Labute approximate surface area is 168 Å². The van der Waals surface area contributed by atoms with Crippen molar-refractivity contribution in [3.63, 3.8) is 0 Å². The van der Waals surface area contributed by atoms with Crippen molar-refractivity contribution in [3.8, 4) is 11.5 Å². The van der Waals surface area contributed by atoms with Crippen LogP contribution in [-0.2, 0) is 4.79 Å². The molecule has 0 radical (unpaired) electrons. The molecule has 2 amide bonds. The summed E-state index contributed by atoms with van der Waals surface area (Å²) in [7, 11) is 1.55. The van der Waals surface area contributed by atoms with Crippen molar-refractivity contribution < 1.29 is 19.1 Å². The Morgan fingerprint density at radius 1 is 1.32 bits per heavy atom. The van der Waals surface area contributed by atoms with Gasteiger partial charge in [0.15, 0.2) is 16.6 Å². The van der Waals surface area contributed by atoms with Crippen molar-refractivity contribution in [1.29, 1.82) is 0 Å². The zero-order valence-corrected chi connectivity index (χ0v) is 17.1. The van der Waals surface area contributed by atoms with Crippen LogP contribution in [0, 0.1) is 5.92 Å². The summed E-state index contributed by atoms with van der Waals surface area (Å²) in [6.07, 6.45) is 3.20. The number of carbonyl (C=O) groups excluding carboxylic acids is 2. The second kappa shape index (κ2) is 9.05. The SMILES string of the molecule is COc1cc(C(=O)N2CCCC(C(=O)Nc3nccs3)C2)ccc1OC(C)C. The van der Waals surface area contributed by atoms with Crippen LogP contribution in [0.5, 0.6) is 11.5 Å². The molecule has 0 saturated carbocycles. The Morgan fingerprint density at radius 2 is 2.14 bits per heavy atom. The van der Waals surface area contributed by atoms with E-state index in [2.05, 4.69) is 10.3 Å². The summed E-state index contributed by atoms with van der Waals surface area (Å²) in [6.45, 7) is 4.89. The zero-order chi connectivity index (χ0) is 20.1.